The van der Waals surface area contributed by atoms with Crippen LogP contribution in [-0.2, 0) is 70.4 Å². The van der Waals surface area contributed by atoms with Crippen LogP contribution in [0.5, 0.6) is 5.75 Å². The molecule has 87 heavy (non-hydrogen) atoms. The first-order chi connectivity index (χ1) is 41.3. The quantitative estimate of drug-likeness (QED) is 0.0167. The van der Waals surface area contributed by atoms with Crippen molar-refractivity contribution in [3.8, 4) is 5.75 Å². The molecule has 0 radical (unpaired) electrons. The topological polar surface area (TPSA) is 632 Å². The zero-order valence-electron chi connectivity index (χ0n) is 47.6. The van der Waals surface area contributed by atoms with Crippen molar-refractivity contribution in [1.82, 2.24) is 57.8 Å². The van der Waals surface area contributed by atoms with Gasteiger partial charge in [-0.3, -0.25) is 57.7 Å². The Balaban J connectivity index is 2.52. The summed E-state index contributed by atoms with van der Waals surface area (Å²) in [6.45, 7) is -2.82. The van der Waals surface area contributed by atoms with Crippen LogP contribution < -0.4 is 82.3 Å². The van der Waals surface area contributed by atoms with E-state index in [1.165, 1.54) is 36.8 Å². The van der Waals surface area contributed by atoms with Gasteiger partial charge in [-0.1, -0.05) is 18.6 Å². The molecule has 0 saturated carbocycles. The average Bonchev–Trinajstić information content (AvgIpc) is 4.09. The van der Waals surface area contributed by atoms with Crippen molar-refractivity contribution in [2.75, 3.05) is 39.5 Å². The van der Waals surface area contributed by atoms with E-state index in [-0.39, 0.29) is 69.0 Å². The van der Waals surface area contributed by atoms with Gasteiger partial charge in [0.25, 0.3) is 0 Å². The van der Waals surface area contributed by atoms with Gasteiger partial charge < -0.3 is 118 Å². The Labute approximate surface area is 498 Å². The van der Waals surface area contributed by atoms with Crippen LogP contribution in [0.1, 0.15) is 81.9 Å². The lowest BCUT2D eigenvalue weighted by Crippen LogP contribution is -2.61. The highest BCUT2D eigenvalue weighted by Crippen LogP contribution is 2.14. The molecule has 0 saturated heterocycles. The molecular formula is C51H82N18O18. The van der Waals surface area contributed by atoms with E-state index in [1.807, 2.05) is 10.6 Å². The van der Waals surface area contributed by atoms with E-state index in [0.717, 1.165) is 0 Å². The lowest BCUT2D eigenvalue weighted by Gasteiger charge is -2.28. The summed E-state index contributed by atoms with van der Waals surface area (Å²) in [5, 5.41) is 80.3. The fraction of sp³-hybridized carbons (Fsp3) is 0.569. The predicted molar refractivity (Wildman–Crippen MR) is 305 cm³/mol. The average molecular weight is 1240 g/mol. The molecule has 1 aromatic carbocycles. The second-order valence-corrected chi connectivity index (χ2v) is 19.8. The number of aliphatic hydroxyl groups is 3. The molecule has 1 aromatic heterocycles. The second kappa shape index (κ2) is 39.5. The highest BCUT2D eigenvalue weighted by atomic mass is 16.4. The Morgan fingerprint density at radius 2 is 0.920 bits per heavy atom. The summed E-state index contributed by atoms with van der Waals surface area (Å²) in [6.07, 6.45) is 1.03. The Morgan fingerprint density at radius 1 is 0.506 bits per heavy atom. The number of unbranched alkanes of at least 4 members (excludes halogenated alkanes) is 2. The number of imidazole rings is 1. The normalized spacial score (nSPS) is 14.4. The fourth-order valence-corrected chi connectivity index (χ4v) is 8.04. The largest absolute Gasteiger partial charge is 0.508 e. The third-order valence-corrected chi connectivity index (χ3v) is 12.8. The molecule has 28 N–H and O–H groups in total. The zero-order chi connectivity index (χ0) is 65.2. The number of carbonyl (C=O) groups excluding carboxylic acids is 10. The predicted octanol–water partition coefficient (Wildman–Crippen LogP) is -9.30. The van der Waals surface area contributed by atoms with E-state index in [9.17, 15) is 88.2 Å². The minimum absolute atomic E-state index is 0.00761. The molecule has 1 heterocycles. The van der Waals surface area contributed by atoms with Crippen LogP contribution in [0.4, 0.5) is 0 Å². The number of carbonyl (C=O) groups is 12. The lowest BCUT2D eigenvalue weighted by atomic mass is 10.0. The van der Waals surface area contributed by atoms with Gasteiger partial charge in [0.05, 0.1) is 38.6 Å². The molecule has 0 aliphatic heterocycles. The molecule has 36 heteroatoms. The van der Waals surface area contributed by atoms with Gasteiger partial charge in [0.2, 0.25) is 59.1 Å². The van der Waals surface area contributed by atoms with Crippen molar-refractivity contribution in [1.29, 1.82) is 0 Å². The zero-order valence-corrected chi connectivity index (χ0v) is 47.6. The number of phenolic OH excluding ortho intramolecular Hbond substituents is 1. The minimum atomic E-state index is -2.02. The maximum absolute atomic E-state index is 14.5. The summed E-state index contributed by atoms with van der Waals surface area (Å²) >= 11 is 0. The first kappa shape index (κ1) is 74.0. The van der Waals surface area contributed by atoms with E-state index >= 15 is 0 Å². The number of aromatic amines is 1. The molecule has 0 aliphatic rings. The van der Waals surface area contributed by atoms with Gasteiger partial charge in [0, 0.05) is 37.7 Å². The first-order valence-corrected chi connectivity index (χ1v) is 27.5. The number of aromatic nitrogens is 2. The monoisotopic (exact) mass is 1230 g/mol. The molecular weight excluding hydrogens is 1150 g/mol. The van der Waals surface area contributed by atoms with Gasteiger partial charge in [-0.05, 0) is 82.2 Å². The van der Waals surface area contributed by atoms with Gasteiger partial charge in [0.1, 0.15) is 60.1 Å². The molecule has 0 bridgehead atoms. The second-order valence-electron chi connectivity index (χ2n) is 19.8. The van der Waals surface area contributed by atoms with Gasteiger partial charge in [-0.15, -0.1) is 0 Å². The molecule has 0 spiro atoms. The smallest absolute Gasteiger partial charge is 0.326 e. The maximum atomic E-state index is 14.5. The summed E-state index contributed by atoms with van der Waals surface area (Å²) < 4.78 is 0. The number of nitrogens with two attached hydrogens (primary N) is 6. The lowest BCUT2D eigenvalue weighted by molar-refractivity contribution is -0.144. The number of aromatic hydroxyl groups is 1. The maximum Gasteiger partial charge on any atom is 0.326 e. The van der Waals surface area contributed by atoms with E-state index in [1.54, 1.807) is 0 Å². The number of carboxylic acids is 2. The molecule has 2 aromatic rings. The number of rotatable bonds is 43. The van der Waals surface area contributed by atoms with Crippen LogP contribution >= 0.6 is 0 Å². The third kappa shape index (κ3) is 28.1. The number of primary amides is 1. The third-order valence-electron chi connectivity index (χ3n) is 12.8. The molecule has 36 nitrogen and oxygen atoms in total. The molecule has 0 fully saturated rings. The van der Waals surface area contributed by atoms with Crippen LogP contribution in [0, 0.1) is 0 Å². The van der Waals surface area contributed by atoms with Crippen molar-refractivity contribution in [2.45, 2.75) is 144 Å². The number of aliphatic imine (C=N–C) groups is 1. The number of hydrogen-bond acceptors (Lipinski definition) is 21. The number of benzene rings is 1. The highest BCUT2D eigenvalue weighted by Gasteiger charge is 2.36. The Morgan fingerprint density at radius 3 is 1.37 bits per heavy atom. The van der Waals surface area contributed by atoms with Crippen molar-refractivity contribution in [3.05, 3.63) is 48.0 Å². The van der Waals surface area contributed by atoms with Crippen molar-refractivity contribution in [2.24, 2.45) is 39.4 Å². The molecule has 484 valence electrons. The Bertz CT molecular complexity index is 2630. The summed E-state index contributed by atoms with van der Waals surface area (Å²) in [4.78, 5) is 169. The van der Waals surface area contributed by atoms with Gasteiger partial charge in [-0.2, -0.15) is 0 Å². The number of guanidine groups is 1. The fourth-order valence-electron chi connectivity index (χ4n) is 8.04. The van der Waals surface area contributed by atoms with Gasteiger partial charge >= 0.3 is 11.9 Å². The number of aliphatic hydroxyl groups excluding tert-OH is 3. The van der Waals surface area contributed by atoms with E-state index in [2.05, 4.69) is 52.2 Å². The van der Waals surface area contributed by atoms with Crippen molar-refractivity contribution < 1.29 is 88.2 Å². The Kier molecular flexibility index (Phi) is 33.6. The highest BCUT2D eigenvalue weighted by molar-refractivity contribution is 5.99. The molecule has 2 rings (SSSR count). The van der Waals surface area contributed by atoms with Crippen LogP contribution in [0.15, 0.2) is 41.8 Å². The standard InChI is InChI=1S/C51H82N18O18/c52-15-3-1-6-29(54)41(77)67-36(22-70)49(85)69-38(24-72)47(83)65-34(19-27-21-58-25-60-27)45(81)62-31(8-5-17-59-51(56)57)42(78)61-30(7-2-4-16-53)43(79)64-33(18-26-9-11-28(73)12-10-26)44(80)68-37(23-71)48(84)66-35(20-40(75)76)46(82)63-32(50(86)87)13-14-39(55)74/h9-12,21,25,29-38,70-73H,1-8,13-20,22-24,52-54H2,(H2,55,74)(H,58,60)(H,61,78)(H,62,81)(H,63,82)(H,64,79)(H,65,83)(H,66,84)(H,67,77)(H,68,80)(H,69,85)(H,75,76)(H,86,87)(H4,56,57,59)/t29-,30-,31-,32-,33-,34-,35-,36-,37-,38-/m0/s1. The van der Waals surface area contributed by atoms with E-state index < -0.39 is 177 Å². The number of hydrogen-bond donors (Lipinski definition) is 22. The number of H-pyrrole nitrogens is 1. The molecule has 0 aliphatic carbocycles. The van der Waals surface area contributed by atoms with Gasteiger partial charge in [0.15, 0.2) is 5.96 Å². The van der Waals surface area contributed by atoms with Crippen LogP contribution in [0.3, 0.4) is 0 Å². The van der Waals surface area contributed by atoms with Crippen molar-refractivity contribution >= 4 is 77.0 Å². The number of aliphatic carboxylic acids is 2. The number of carboxylic acid groups (broad SMARTS) is 2. The summed E-state index contributed by atoms with van der Waals surface area (Å²) in [6, 6.07) is -11.5. The molecule has 0 unspecified atom stereocenters. The Hall–Kier alpha value is -9.10. The number of nitrogens with zero attached hydrogens (tertiary/aromatic N) is 2. The van der Waals surface area contributed by atoms with Crippen LogP contribution in [-0.4, -0.2) is 217 Å². The number of phenols is 1. The molecule has 10 atom stereocenters. The number of amides is 10. The summed E-state index contributed by atoms with van der Waals surface area (Å²) in [7, 11) is 0. The molecule has 10 amide bonds. The van der Waals surface area contributed by atoms with Crippen LogP contribution in [0.25, 0.3) is 0 Å². The summed E-state index contributed by atoms with van der Waals surface area (Å²) in [5.74, 6) is -14.7. The summed E-state index contributed by atoms with van der Waals surface area (Å²) in [5.41, 5.74) is 33.8. The van der Waals surface area contributed by atoms with Crippen LogP contribution in [0.2, 0.25) is 0 Å². The minimum Gasteiger partial charge on any atom is -0.508 e. The van der Waals surface area contributed by atoms with E-state index in [4.69, 9.17) is 34.4 Å². The van der Waals surface area contributed by atoms with Gasteiger partial charge in [-0.25, -0.2) is 9.78 Å². The SMILES string of the molecule is NCCCC[C@H](NC(=O)[C@H](CCCN=C(N)N)NC(=O)[C@H](Cc1cnc[nH]1)NC(=O)[C@H](CO)NC(=O)[C@H](CO)NC(=O)[C@@H](N)CCCCN)C(=O)N[C@@H](Cc1ccc(O)cc1)C(=O)N[C@@H](CO)C(=O)N[C@@H](CC(=O)O)C(=O)N[C@@H](CCC(N)=O)C(=O)O. The van der Waals surface area contributed by atoms with E-state index in [0.29, 0.717) is 31.4 Å². The first-order valence-electron chi connectivity index (χ1n) is 27.5. The number of nitrogens with one attached hydrogen (secondary N) is 10. The van der Waals surface area contributed by atoms with Crippen molar-refractivity contribution in [3.63, 3.8) is 0 Å².